The van der Waals surface area contributed by atoms with Gasteiger partial charge >= 0.3 is 0 Å². The van der Waals surface area contributed by atoms with Gasteiger partial charge in [0.1, 0.15) is 0 Å². The Morgan fingerprint density at radius 2 is 1.72 bits per heavy atom. The number of amides is 1. The molecule has 2 rings (SSSR count). The zero-order chi connectivity index (χ0) is 12.6. The fourth-order valence-electron chi connectivity index (χ4n) is 2.49. The Morgan fingerprint density at radius 1 is 1.06 bits per heavy atom. The summed E-state index contributed by atoms with van der Waals surface area (Å²) >= 11 is 0. The molecule has 0 aromatic heterocycles. The summed E-state index contributed by atoms with van der Waals surface area (Å²) in [5, 5.41) is 3.01. The van der Waals surface area contributed by atoms with E-state index in [1.807, 2.05) is 30.3 Å². The summed E-state index contributed by atoms with van der Waals surface area (Å²) in [7, 11) is 0. The zero-order valence-electron chi connectivity index (χ0n) is 11.0. The summed E-state index contributed by atoms with van der Waals surface area (Å²) in [6, 6.07) is 10.1. The number of hydrogen-bond donors (Lipinski definition) is 2. The first-order valence-corrected chi connectivity index (χ1v) is 6.99. The standard InChI is InChI=1S/C15H22N2O/c18-15(13-17-10-6-1-2-7-11-17)16-12-14-8-4-3-5-9-14/h3-5,8-9H,1-2,6-7,10-13H2,(H,16,18)/p+1. The minimum Gasteiger partial charge on any atom is -0.347 e. The van der Waals surface area contributed by atoms with Crippen molar-refractivity contribution in [2.45, 2.75) is 32.2 Å². The molecule has 3 nitrogen and oxygen atoms in total. The number of carbonyl (C=O) groups is 1. The van der Waals surface area contributed by atoms with Crippen LogP contribution in [0.25, 0.3) is 0 Å². The quantitative estimate of drug-likeness (QED) is 0.809. The molecule has 1 aliphatic heterocycles. The van der Waals surface area contributed by atoms with Crippen LogP contribution < -0.4 is 10.2 Å². The van der Waals surface area contributed by atoms with E-state index in [9.17, 15) is 4.79 Å². The SMILES string of the molecule is O=C(C[NH+]1CCCCCC1)NCc1ccccc1. The third kappa shape index (κ3) is 4.49. The maximum Gasteiger partial charge on any atom is 0.275 e. The molecule has 0 saturated carbocycles. The summed E-state index contributed by atoms with van der Waals surface area (Å²) in [6.45, 7) is 3.58. The molecule has 0 bridgehead atoms. The molecule has 1 aromatic rings. The highest BCUT2D eigenvalue weighted by Gasteiger charge is 2.15. The lowest BCUT2D eigenvalue weighted by Crippen LogP contribution is -3.13. The van der Waals surface area contributed by atoms with Crippen LogP contribution in [0.2, 0.25) is 0 Å². The summed E-state index contributed by atoms with van der Waals surface area (Å²) in [5.41, 5.74) is 1.16. The highest BCUT2D eigenvalue weighted by Crippen LogP contribution is 1.99. The molecule has 2 N–H and O–H groups in total. The van der Waals surface area contributed by atoms with Crippen LogP contribution in [-0.4, -0.2) is 25.5 Å². The van der Waals surface area contributed by atoms with E-state index >= 15 is 0 Å². The van der Waals surface area contributed by atoms with E-state index in [-0.39, 0.29) is 5.91 Å². The van der Waals surface area contributed by atoms with Crippen LogP contribution in [0.5, 0.6) is 0 Å². The van der Waals surface area contributed by atoms with E-state index in [1.54, 1.807) is 0 Å². The van der Waals surface area contributed by atoms with Crippen molar-refractivity contribution in [3.63, 3.8) is 0 Å². The third-order valence-electron chi connectivity index (χ3n) is 3.55. The van der Waals surface area contributed by atoms with Crippen molar-refractivity contribution in [3.05, 3.63) is 35.9 Å². The Labute approximate surface area is 109 Å². The topological polar surface area (TPSA) is 33.5 Å². The molecule has 0 radical (unpaired) electrons. The van der Waals surface area contributed by atoms with Gasteiger partial charge in [-0.15, -0.1) is 0 Å². The predicted octanol–water partition coefficient (Wildman–Crippen LogP) is 0.762. The van der Waals surface area contributed by atoms with E-state index in [0.29, 0.717) is 13.1 Å². The Hall–Kier alpha value is -1.35. The molecule has 0 spiro atoms. The predicted molar refractivity (Wildman–Crippen MR) is 72.3 cm³/mol. The average molecular weight is 247 g/mol. The van der Waals surface area contributed by atoms with E-state index in [0.717, 1.165) is 18.7 Å². The summed E-state index contributed by atoms with van der Waals surface area (Å²) < 4.78 is 0. The van der Waals surface area contributed by atoms with Gasteiger partial charge in [-0.3, -0.25) is 4.79 Å². The second kappa shape index (κ2) is 7.17. The zero-order valence-corrected chi connectivity index (χ0v) is 11.0. The van der Waals surface area contributed by atoms with Crippen molar-refractivity contribution in [1.29, 1.82) is 0 Å². The van der Waals surface area contributed by atoms with Gasteiger partial charge in [0.05, 0.1) is 13.1 Å². The smallest absolute Gasteiger partial charge is 0.275 e. The lowest BCUT2D eigenvalue weighted by Gasteiger charge is -2.16. The van der Waals surface area contributed by atoms with Crippen LogP contribution in [0.1, 0.15) is 31.2 Å². The van der Waals surface area contributed by atoms with Gasteiger partial charge in [-0.1, -0.05) is 30.3 Å². The van der Waals surface area contributed by atoms with Crippen LogP contribution in [-0.2, 0) is 11.3 Å². The fourth-order valence-corrected chi connectivity index (χ4v) is 2.49. The van der Waals surface area contributed by atoms with Gasteiger partial charge in [-0.2, -0.15) is 0 Å². The lowest BCUT2D eigenvalue weighted by molar-refractivity contribution is -0.891. The maximum atomic E-state index is 11.9. The van der Waals surface area contributed by atoms with Crippen LogP contribution in [0.15, 0.2) is 30.3 Å². The molecule has 0 aliphatic carbocycles. The van der Waals surface area contributed by atoms with Gasteiger partial charge in [-0.05, 0) is 31.2 Å². The molecular formula is C15H23N2O+. The molecule has 98 valence electrons. The normalized spacial score (nSPS) is 17.1. The van der Waals surface area contributed by atoms with Crippen LogP contribution in [0.4, 0.5) is 0 Å². The number of quaternary nitrogens is 1. The molecule has 1 heterocycles. The monoisotopic (exact) mass is 247 g/mol. The lowest BCUT2D eigenvalue weighted by atomic mass is 10.2. The molecule has 1 aromatic carbocycles. The van der Waals surface area contributed by atoms with Gasteiger partial charge in [0.15, 0.2) is 6.54 Å². The third-order valence-corrected chi connectivity index (χ3v) is 3.55. The van der Waals surface area contributed by atoms with Crippen molar-refractivity contribution >= 4 is 5.91 Å². The van der Waals surface area contributed by atoms with Crippen LogP contribution in [0, 0.1) is 0 Å². The summed E-state index contributed by atoms with van der Waals surface area (Å²) in [6.07, 6.45) is 5.19. The Balaban J connectivity index is 1.71. The molecule has 1 saturated heterocycles. The largest absolute Gasteiger partial charge is 0.347 e. The number of rotatable bonds is 4. The summed E-state index contributed by atoms with van der Waals surface area (Å²) in [4.78, 5) is 13.3. The number of hydrogen-bond acceptors (Lipinski definition) is 1. The van der Waals surface area contributed by atoms with Gasteiger partial charge in [0.25, 0.3) is 5.91 Å². The molecule has 18 heavy (non-hydrogen) atoms. The second-order valence-electron chi connectivity index (χ2n) is 5.10. The van der Waals surface area contributed by atoms with E-state index in [4.69, 9.17) is 0 Å². The summed E-state index contributed by atoms with van der Waals surface area (Å²) in [5.74, 6) is 0.177. The van der Waals surface area contributed by atoms with Crippen LogP contribution >= 0.6 is 0 Å². The molecule has 1 amide bonds. The first-order valence-electron chi connectivity index (χ1n) is 6.99. The minimum atomic E-state index is 0.177. The Morgan fingerprint density at radius 3 is 2.39 bits per heavy atom. The van der Waals surface area contributed by atoms with Crippen molar-refractivity contribution in [3.8, 4) is 0 Å². The van der Waals surface area contributed by atoms with E-state index < -0.39 is 0 Å². The molecule has 0 unspecified atom stereocenters. The highest BCUT2D eigenvalue weighted by molar-refractivity contribution is 5.76. The van der Waals surface area contributed by atoms with Gasteiger partial charge in [-0.25, -0.2) is 0 Å². The number of nitrogens with one attached hydrogen (secondary N) is 2. The molecule has 3 heteroatoms. The Kier molecular flexibility index (Phi) is 5.21. The second-order valence-corrected chi connectivity index (χ2v) is 5.10. The first-order chi connectivity index (χ1) is 8.84. The molecular weight excluding hydrogens is 224 g/mol. The maximum absolute atomic E-state index is 11.9. The van der Waals surface area contributed by atoms with Crippen molar-refractivity contribution in [2.24, 2.45) is 0 Å². The Bertz CT molecular complexity index is 356. The van der Waals surface area contributed by atoms with Crippen molar-refractivity contribution in [2.75, 3.05) is 19.6 Å². The van der Waals surface area contributed by atoms with Crippen molar-refractivity contribution < 1.29 is 9.69 Å². The number of likely N-dealkylation sites (tertiary alicyclic amines) is 1. The number of carbonyl (C=O) groups excluding carboxylic acids is 1. The minimum absolute atomic E-state index is 0.177. The van der Waals surface area contributed by atoms with Gasteiger partial charge in [0.2, 0.25) is 0 Å². The fraction of sp³-hybridized carbons (Fsp3) is 0.533. The van der Waals surface area contributed by atoms with Crippen LogP contribution in [0.3, 0.4) is 0 Å². The average Bonchev–Trinajstić information content (AvgIpc) is 2.66. The van der Waals surface area contributed by atoms with Gasteiger partial charge in [0, 0.05) is 6.54 Å². The van der Waals surface area contributed by atoms with E-state index in [1.165, 1.54) is 30.6 Å². The van der Waals surface area contributed by atoms with Crippen molar-refractivity contribution in [1.82, 2.24) is 5.32 Å². The molecule has 1 aliphatic rings. The van der Waals surface area contributed by atoms with E-state index in [2.05, 4.69) is 5.32 Å². The first kappa shape index (κ1) is 13.1. The molecule has 1 fully saturated rings. The molecule has 0 atom stereocenters. The van der Waals surface area contributed by atoms with Gasteiger partial charge < -0.3 is 10.2 Å². The number of benzene rings is 1. The highest BCUT2D eigenvalue weighted by atomic mass is 16.2.